The first-order valence-electron chi connectivity index (χ1n) is 13.3. The van der Waals surface area contributed by atoms with Crippen LogP contribution >= 0.6 is 0 Å². The van der Waals surface area contributed by atoms with Crippen LogP contribution in [-0.4, -0.2) is 27.1 Å². The molecule has 0 aliphatic heterocycles. The van der Waals surface area contributed by atoms with E-state index in [1.54, 1.807) is 54.1 Å². The number of nitrogens with one attached hydrogen (secondary N) is 1. The Morgan fingerprint density at radius 3 is 2.40 bits per heavy atom. The highest BCUT2D eigenvalue weighted by molar-refractivity contribution is 6.08. The minimum absolute atomic E-state index is 0.0318. The first-order chi connectivity index (χ1) is 20.1. The van der Waals surface area contributed by atoms with Crippen LogP contribution in [0.1, 0.15) is 50.6 Å². The number of carbonyl (C=O) groups excluding carboxylic acids is 3. The molecule has 9 heteroatoms. The summed E-state index contributed by atoms with van der Waals surface area (Å²) in [4.78, 5) is 42.5. The summed E-state index contributed by atoms with van der Waals surface area (Å²) in [7, 11) is 0. The topological polar surface area (TPSA) is 107 Å². The van der Waals surface area contributed by atoms with Crippen molar-refractivity contribution in [1.82, 2.24) is 14.9 Å². The lowest BCUT2D eigenvalue weighted by atomic mass is 9.94. The Hall–Kier alpha value is -5.18. The number of hydrogen-bond acceptors (Lipinski definition) is 4. The van der Waals surface area contributed by atoms with E-state index < -0.39 is 29.5 Å². The van der Waals surface area contributed by atoms with Crippen molar-refractivity contribution in [3.8, 4) is 11.1 Å². The molecule has 212 valence electrons. The van der Waals surface area contributed by atoms with Gasteiger partial charge in [-0.1, -0.05) is 36.4 Å². The average molecular weight is 567 g/mol. The van der Waals surface area contributed by atoms with Gasteiger partial charge in [-0.2, -0.15) is 0 Å². The molecule has 2 aromatic heterocycles. The third-order valence-electron chi connectivity index (χ3n) is 7.21. The summed E-state index contributed by atoms with van der Waals surface area (Å²) in [6, 6.07) is 20.0. The van der Waals surface area contributed by atoms with Gasteiger partial charge >= 0.3 is 0 Å². The molecular weight excluding hydrogens is 538 g/mol. The van der Waals surface area contributed by atoms with Gasteiger partial charge in [-0.25, -0.2) is 8.78 Å². The Kier molecular flexibility index (Phi) is 7.93. The normalized spacial score (nSPS) is 11.8. The summed E-state index contributed by atoms with van der Waals surface area (Å²) in [6.07, 6.45) is 1.59. The van der Waals surface area contributed by atoms with Gasteiger partial charge in [0.25, 0.3) is 0 Å². The second-order valence-electron chi connectivity index (χ2n) is 10.1. The van der Waals surface area contributed by atoms with Crippen molar-refractivity contribution in [2.24, 2.45) is 5.73 Å². The highest BCUT2D eigenvalue weighted by Gasteiger charge is 2.24. The van der Waals surface area contributed by atoms with Gasteiger partial charge in [0.15, 0.2) is 5.78 Å². The van der Waals surface area contributed by atoms with Crippen LogP contribution in [0.15, 0.2) is 85.1 Å². The number of primary amides is 1. The lowest BCUT2D eigenvalue weighted by Crippen LogP contribution is -2.34. The maximum atomic E-state index is 14.1. The molecule has 2 heterocycles. The lowest BCUT2D eigenvalue weighted by Gasteiger charge is -2.22. The second kappa shape index (κ2) is 11.7. The molecule has 3 N–H and O–H groups in total. The van der Waals surface area contributed by atoms with E-state index in [0.29, 0.717) is 39.2 Å². The van der Waals surface area contributed by atoms with Gasteiger partial charge in [-0.3, -0.25) is 19.4 Å². The quantitative estimate of drug-likeness (QED) is 0.224. The number of aromatic nitrogens is 2. The first-order valence-corrected chi connectivity index (χ1v) is 13.3. The number of fused-ring (bicyclic) bond motifs is 1. The third kappa shape index (κ3) is 5.81. The zero-order chi connectivity index (χ0) is 30.0. The second-order valence-corrected chi connectivity index (χ2v) is 10.1. The molecule has 0 bridgehead atoms. The van der Waals surface area contributed by atoms with E-state index in [0.717, 1.165) is 17.0 Å². The molecule has 2 amide bonds. The van der Waals surface area contributed by atoms with Crippen molar-refractivity contribution in [1.29, 1.82) is 0 Å². The molecule has 7 nitrogen and oxygen atoms in total. The van der Waals surface area contributed by atoms with Gasteiger partial charge in [-0.15, -0.1) is 0 Å². The van der Waals surface area contributed by atoms with Crippen molar-refractivity contribution in [2.45, 2.75) is 32.9 Å². The molecule has 0 aliphatic carbocycles. The molecule has 3 aromatic carbocycles. The van der Waals surface area contributed by atoms with Gasteiger partial charge < -0.3 is 15.6 Å². The predicted molar refractivity (Wildman–Crippen MR) is 156 cm³/mol. The van der Waals surface area contributed by atoms with E-state index in [9.17, 15) is 23.2 Å². The molecule has 1 atom stereocenters. The van der Waals surface area contributed by atoms with E-state index in [4.69, 9.17) is 5.73 Å². The zero-order valence-corrected chi connectivity index (χ0v) is 23.0. The molecule has 0 aliphatic rings. The third-order valence-corrected chi connectivity index (χ3v) is 7.21. The van der Waals surface area contributed by atoms with Crippen molar-refractivity contribution in [2.75, 3.05) is 0 Å². The number of hydrogen-bond donors (Lipinski definition) is 2. The van der Waals surface area contributed by atoms with Crippen molar-refractivity contribution >= 4 is 28.5 Å². The largest absolute Gasteiger partial charge is 0.366 e. The number of nitrogens with zero attached hydrogens (tertiary/aromatic N) is 2. The van der Waals surface area contributed by atoms with Crippen LogP contribution in [0.2, 0.25) is 0 Å². The number of carbonyl (C=O) groups is 3. The minimum atomic E-state index is -0.804. The number of halogens is 2. The summed E-state index contributed by atoms with van der Waals surface area (Å²) in [5.41, 5.74) is 9.75. The molecule has 0 saturated heterocycles. The molecule has 5 rings (SSSR count). The fourth-order valence-corrected chi connectivity index (χ4v) is 5.42. The van der Waals surface area contributed by atoms with Crippen molar-refractivity contribution in [3.63, 3.8) is 0 Å². The fourth-order valence-electron chi connectivity index (χ4n) is 5.42. The Labute approximate surface area is 241 Å². The van der Waals surface area contributed by atoms with Crippen molar-refractivity contribution in [3.05, 3.63) is 125 Å². The molecule has 0 fully saturated rings. The van der Waals surface area contributed by atoms with Gasteiger partial charge in [0.1, 0.15) is 18.2 Å². The molecule has 0 spiro atoms. The number of Topliss-reactive ketones (excluding diaryl/α,β-unsaturated/α-hetero) is 1. The van der Waals surface area contributed by atoms with Crippen LogP contribution in [0.5, 0.6) is 0 Å². The molecule has 0 saturated carbocycles. The average Bonchev–Trinajstić information content (AvgIpc) is 3.23. The van der Waals surface area contributed by atoms with Crippen LogP contribution < -0.4 is 11.1 Å². The molecule has 0 radical (unpaired) electrons. The SMILES string of the molecule is CC(=O)c1c(C)n(CC(=O)N[C@@H](Cc2cc(F)cc(F)c2)c2ncccc2-c2cccc(C(N)=O)c2)c2ccccc12. The minimum Gasteiger partial charge on any atom is -0.366 e. The lowest BCUT2D eigenvalue weighted by molar-refractivity contribution is -0.122. The standard InChI is InChI=1S/C33H28F2N4O3/c1-19-31(20(2)40)27-9-3-4-11-29(27)39(19)18-30(41)38-28(15-21-13-24(34)17-25(35)14-21)32-26(10-6-12-37-32)22-7-5-8-23(16-22)33(36)42/h3-14,16-17,28H,15,18H2,1-2H3,(H2,36,42)(H,38,41)/t28-/m0/s1. The fraction of sp³-hybridized carbons (Fsp3) is 0.152. The van der Waals surface area contributed by atoms with E-state index in [1.165, 1.54) is 19.1 Å². The molecular formula is C33H28F2N4O3. The highest BCUT2D eigenvalue weighted by atomic mass is 19.1. The number of pyridine rings is 1. The van der Waals surface area contributed by atoms with Crippen LogP contribution in [0.25, 0.3) is 22.0 Å². The van der Waals surface area contributed by atoms with Crippen LogP contribution in [-0.2, 0) is 17.8 Å². The smallest absolute Gasteiger partial charge is 0.248 e. The van der Waals surface area contributed by atoms with Crippen molar-refractivity contribution < 1.29 is 23.2 Å². The van der Waals surface area contributed by atoms with E-state index in [-0.39, 0.29) is 18.7 Å². The summed E-state index contributed by atoms with van der Waals surface area (Å²) in [6.45, 7) is 3.18. The molecule has 42 heavy (non-hydrogen) atoms. The summed E-state index contributed by atoms with van der Waals surface area (Å²) in [5, 5.41) is 3.76. The first kappa shape index (κ1) is 28.4. The summed E-state index contributed by atoms with van der Waals surface area (Å²) >= 11 is 0. The zero-order valence-electron chi connectivity index (χ0n) is 23.0. The van der Waals surface area contributed by atoms with Gasteiger partial charge in [0.05, 0.1) is 11.7 Å². The maximum absolute atomic E-state index is 14.1. The highest BCUT2D eigenvalue weighted by Crippen LogP contribution is 2.30. The summed E-state index contributed by atoms with van der Waals surface area (Å²) in [5.74, 6) is -2.57. The van der Waals surface area contributed by atoms with Gasteiger partial charge in [0.2, 0.25) is 11.8 Å². The van der Waals surface area contributed by atoms with E-state index in [1.807, 2.05) is 24.3 Å². The van der Waals surface area contributed by atoms with Crippen LogP contribution in [0, 0.1) is 18.6 Å². The number of benzene rings is 3. The number of ketones is 1. The monoisotopic (exact) mass is 566 g/mol. The molecule has 0 unspecified atom stereocenters. The van der Waals surface area contributed by atoms with Gasteiger partial charge in [-0.05, 0) is 67.8 Å². The Balaban J connectivity index is 1.55. The van der Waals surface area contributed by atoms with Gasteiger partial charge in [0, 0.05) is 45.6 Å². The molecule has 5 aromatic rings. The van der Waals surface area contributed by atoms with Crippen LogP contribution in [0.4, 0.5) is 8.78 Å². The summed E-state index contributed by atoms with van der Waals surface area (Å²) < 4.78 is 30.0. The number of nitrogens with two attached hydrogens (primary N) is 1. The Morgan fingerprint density at radius 1 is 0.952 bits per heavy atom. The predicted octanol–water partition coefficient (Wildman–Crippen LogP) is 5.69. The number of para-hydroxylation sites is 1. The number of amides is 2. The van der Waals surface area contributed by atoms with Crippen LogP contribution in [0.3, 0.4) is 0 Å². The Morgan fingerprint density at radius 2 is 1.69 bits per heavy atom. The van der Waals surface area contributed by atoms with E-state index in [2.05, 4.69) is 10.3 Å². The number of rotatable bonds is 9. The van der Waals surface area contributed by atoms with E-state index >= 15 is 0 Å². The Bertz CT molecular complexity index is 1830. The maximum Gasteiger partial charge on any atom is 0.248 e.